The highest BCUT2D eigenvalue weighted by atomic mass is 16.5. The molecule has 1 atom stereocenters. The van der Waals surface area contributed by atoms with Crippen molar-refractivity contribution in [3.05, 3.63) is 100 Å². The number of rotatable bonds is 11. The summed E-state index contributed by atoms with van der Waals surface area (Å²) in [5.41, 5.74) is 4.15. The summed E-state index contributed by atoms with van der Waals surface area (Å²) < 4.78 is 17.1. The lowest BCUT2D eigenvalue weighted by molar-refractivity contribution is -0.140. The van der Waals surface area contributed by atoms with Crippen LogP contribution >= 0.6 is 0 Å². The minimum Gasteiger partial charge on any atom is -0.507 e. The van der Waals surface area contributed by atoms with Crippen molar-refractivity contribution in [2.24, 2.45) is 5.92 Å². The Morgan fingerprint density at radius 2 is 1.73 bits per heavy atom. The first-order valence-corrected chi connectivity index (χ1v) is 13.5. The number of hydrogen-bond donors (Lipinski definition) is 1. The lowest BCUT2D eigenvalue weighted by atomic mass is 9.94. The van der Waals surface area contributed by atoms with E-state index >= 15 is 0 Å². The molecule has 1 heterocycles. The van der Waals surface area contributed by atoms with Crippen LogP contribution in [0.1, 0.15) is 47.7 Å². The summed E-state index contributed by atoms with van der Waals surface area (Å²) in [7, 11) is 1.54. The van der Waals surface area contributed by atoms with E-state index < -0.39 is 17.7 Å². The van der Waals surface area contributed by atoms with Crippen LogP contribution in [0.15, 0.2) is 72.3 Å². The fourth-order valence-corrected chi connectivity index (χ4v) is 4.64. The van der Waals surface area contributed by atoms with Gasteiger partial charge in [-0.05, 0) is 66.8 Å². The molecule has 0 radical (unpaired) electrons. The molecule has 40 heavy (non-hydrogen) atoms. The summed E-state index contributed by atoms with van der Waals surface area (Å²) in [6.07, 6.45) is 0. The van der Waals surface area contributed by atoms with Crippen LogP contribution in [0.5, 0.6) is 11.5 Å². The van der Waals surface area contributed by atoms with E-state index in [0.717, 1.165) is 11.1 Å². The highest BCUT2D eigenvalue weighted by Crippen LogP contribution is 2.40. The third-order valence-electron chi connectivity index (χ3n) is 6.80. The van der Waals surface area contributed by atoms with Crippen molar-refractivity contribution in [3.8, 4) is 11.5 Å². The molecule has 7 nitrogen and oxygen atoms in total. The van der Waals surface area contributed by atoms with Crippen molar-refractivity contribution >= 4 is 17.4 Å². The maximum absolute atomic E-state index is 13.3. The summed E-state index contributed by atoms with van der Waals surface area (Å²) in [6, 6.07) is 19.8. The van der Waals surface area contributed by atoms with Crippen molar-refractivity contribution in [3.63, 3.8) is 0 Å². The van der Waals surface area contributed by atoms with E-state index in [9.17, 15) is 14.7 Å². The minimum atomic E-state index is -0.796. The Labute approximate surface area is 236 Å². The summed E-state index contributed by atoms with van der Waals surface area (Å²) in [4.78, 5) is 27.9. The van der Waals surface area contributed by atoms with Crippen LogP contribution in [-0.4, -0.2) is 48.6 Å². The van der Waals surface area contributed by atoms with Crippen LogP contribution in [0.2, 0.25) is 0 Å². The number of aliphatic hydroxyl groups is 1. The zero-order valence-corrected chi connectivity index (χ0v) is 23.8. The van der Waals surface area contributed by atoms with Gasteiger partial charge in [0.2, 0.25) is 0 Å². The fourth-order valence-electron chi connectivity index (χ4n) is 4.64. The first-order chi connectivity index (χ1) is 19.2. The molecule has 210 valence electrons. The maximum Gasteiger partial charge on any atom is 0.295 e. The molecule has 3 aromatic carbocycles. The monoisotopic (exact) mass is 543 g/mol. The number of nitrogens with zero attached hydrogens (tertiary/aromatic N) is 1. The van der Waals surface area contributed by atoms with Gasteiger partial charge in [0.25, 0.3) is 11.7 Å². The molecule has 1 N–H and O–H groups in total. The number of Topliss-reactive ketones (excluding diaryl/α,β-unsaturated/α-hetero) is 1. The van der Waals surface area contributed by atoms with Gasteiger partial charge in [-0.25, -0.2) is 0 Å². The second-order valence-electron chi connectivity index (χ2n) is 10.5. The molecule has 1 fully saturated rings. The summed E-state index contributed by atoms with van der Waals surface area (Å²) in [6.45, 7) is 9.44. The molecular formula is C33H37NO6. The number of carbonyl (C=O) groups is 2. The number of methoxy groups -OCH3 is 1. The fraction of sp³-hybridized carbons (Fsp3) is 0.333. The van der Waals surface area contributed by atoms with Crippen LogP contribution in [0, 0.1) is 19.8 Å². The van der Waals surface area contributed by atoms with Crippen molar-refractivity contribution in [1.29, 1.82) is 0 Å². The van der Waals surface area contributed by atoms with E-state index in [1.165, 1.54) is 17.6 Å². The number of hydrogen-bond acceptors (Lipinski definition) is 6. The maximum atomic E-state index is 13.3. The number of aryl methyl sites for hydroxylation is 2. The van der Waals surface area contributed by atoms with Crippen LogP contribution in [0.3, 0.4) is 0 Å². The van der Waals surface area contributed by atoms with E-state index in [1.807, 2.05) is 62.4 Å². The number of aliphatic hydroxyl groups excluding tert-OH is 1. The van der Waals surface area contributed by atoms with Crippen LogP contribution in [0.4, 0.5) is 0 Å². The van der Waals surface area contributed by atoms with E-state index in [4.69, 9.17) is 14.2 Å². The lowest BCUT2D eigenvalue weighted by Crippen LogP contribution is -2.32. The zero-order valence-electron chi connectivity index (χ0n) is 23.8. The molecule has 3 aromatic rings. The van der Waals surface area contributed by atoms with Crippen molar-refractivity contribution < 1.29 is 28.9 Å². The second-order valence-corrected chi connectivity index (χ2v) is 10.5. The number of ketones is 1. The van der Waals surface area contributed by atoms with Crippen LogP contribution in [0.25, 0.3) is 5.76 Å². The normalized spacial score (nSPS) is 16.6. The van der Waals surface area contributed by atoms with Crippen LogP contribution < -0.4 is 9.47 Å². The molecule has 7 heteroatoms. The number of carbonyl (C=O) groups excluding carboxylic acids is 2. The third kappa shape index (κ3) is 6.54. The summed E-state index contributed by atoms with van der Waals surface area (Å²) >= 11 is 0. The molecule has 0 aromatic heterocycles. The van der Waals surface area contributed by atoms with Gasteiger partial charge in [0.15, 0.2) is 0 Å². The smallest absolute Gasteiger partial charge is 0.295 e. The highest BCUT2D eigenvalue weighted by molar-refractivity contribution is 6.46. The standard InChI is InChI=1S/C33H37NO6/c1-21(2)19-40-28-14-13-26(17-23(28)4)31(35)29-30(34(15-16-38-5)33(37)32(29)36)25-7-6-8-27(18-25)39-20-24-11-9-22(3)10-12-24/h6-14,17-18,21,30,35H,15-16,19-20H2,1-5H3/b31-29+. The average Bonchev–Trinajstić information content (AvgIpc) is 3.19. The molecule has 0 saturated carbocycles. The van der Waals surface area contributed by atoms with Crippen molar-refractivity contribution in [2.75, 3.05) is 26.9 Å². The Hall–Kier alpha value is -4.10. The van der Waals surface area contributed by atoms with Gasteiger partial charge in [-0.1, -0.05) is 55.8 Å². The molecule has 4 rings (SSSR count). The van der Waals surface area contributed by atoms with Gasteiger partial charge in [0, 0.05) is 19.2 Å². The average molecular weight is 544 g/mol. The van der Waals surface area contributed by atoms with Gasteiger partial charge in [-0.15, -0.1) is 0 Å². The molecule has 0 bridgehead atoms. The SMILES string of the molecule is COCCN1C(=O)C(=O)/C(=C(/O)c2ccc(OCC(C)C)c(C)c2)C1c1cccc(OCc2ccc(C)cc2)c1. The van der Waals surface area contributed by atoms with E-state index in [1.54, 1.807) is 18.2 Å². The van der Waals surface area contributed by atoms with Gasteiger partial charge in [0.05, 0.1) is 24.8 Å². The predicted octanol–water partition coefficient (Wildman–Crippen LogP) is 5.99. The van der Waals surface area contributed by atoms with Crippen LogP contribution in [-0.2, 0) is 20.9 Å². The number of amides is 1. The largest absolute Gasteiger partial charge is 0.507 e. The topological polar surface area (TPSA) is 85.3 Å². The zero-order chi connectivity index (χ0) is 28.8. The Bertz CT molecular complexity index is 1390. The van der Waals surface area contributed by atoms with Gasteiger partial charge in [0.1, 0.15) is 23.9 Å². The first kappa shape index (κ1) is 28.9. The van der Waals surface area contributed by atoms with Gasteiger partial charge < -0.3 is 24.2 Å². The van der Waals surface area contributed by atoms with Gasteiger partial charge >= 0.3 is 0 Å². The minimum absolute atomic E-state index is 0.0343. The molecule has 1 aliphatic rings. The first-order valence-electron chi connectivity index (χ1n) is 13.5. The summed E-state index contributed by atoms with van der Waals surface area (Å²) in [5.74, 6) is 0.0316. The second kappa shape index (κ2) is 12.8. The molecule has 1 amide bonds. The van der Waals surface area contributed by atoms with Crippen molar-refractivity contribution in [2.45, 2.75) is 40.3 Å². The third-order valence-corrected chi connectivity index (χ3v) is 6.80. The Morgan fingerprint density at radius 1 is 0.975 bits per heavy atom. The number of benzene rings is 3. The molecule has 1 saturated heterocycles. The quantitative estimate of drug-likeness (QED) is 0.182. The van der Waals surface area contributed by atoms with E-state index in [0.29, 0.717) is 41.8 Å². The molecule has 0 aliphatic carbocycles. The Morgan fingerprint density at radius 3 is 2.40 bits per heavy atom. The van der Waals surface area contributed by atoms with E-state index in [2.05, 4.69) is 13.8 Å². The number of likely N-dealkylation sites (tertiary alicyclic amines) is 1. The Balaban J connectivity index is 1.70. The predicted molar refractivity (Wildman–Crippen MR) is 154 cm³/mol. The van der Waals surface area contributed by atoms with Crippen molar-refractivity contribution in [1.82, 2.24) is 4.90 Å². The lowest BCUT2D eigenvalue weighted by Gasteiger charge is -2.25. The molecule has 1 aliphatic heterocycles. The van der Waals surface area contributed by atoms with E-state index in [-0.39, 0.29) is 24.5 Å². The molecule has 1 unspecified atom stereocenters. The highest BCUT2D eigenvalue weighted by Gasteiger charge is 2.46. The number of ether oxygens (including phenoxy) is 3. The molecule has 0 spiro atoms. The Kier molecular flexibility index (Phi) is 9.27. The molecular weight excluding hydrogens is 506 g/mol. The summed E-state index contributed by atoms with van der Waals surface area (Å²) in [5, 5.41) is 11.4. The van der Waals surface area contributed by atoms with Gasteiger partial charge in [-0.2, -0.15) is 0 Å². The van der Waals surface area contributed by atoms with Gasteiger partial charge in [-0.3, -0.25) is 9.59 Å².